The van der Waals surface area contributed by atoms with Crippen LogP contribution < -0.4 is 0 Å². The van der Waals surface area contributed by atoms with Crippen molar-refractivity contribution in [3.63, 3.8) is 0 Å². The van der Waals surface area contributed by atoms with Crippen molar-refractivity contribution >= 4 is 0 Å². The number of aryl methyl sites for hydroxylation is 2. The Hall–Kier alpha value is -2.59. The first kappa shape index (κ1) is 24.1. The van der Waals surface area contributed by atoms with Crippen molar-refractivity contribution in [1.82, 2.24) is 29.5 Å². The van der Waals surface area contributed by atoms with E-state index in [0.717, 1.165) is 22.8 Å². The van der Waals surface area contributed by atoms with Crippen LogP contribution in [-0.4, -0.2) is 29.5 Å². The van der Waals surface area contributed by atoms with Crippen LogP contribution in [0, 0.1) is 26.0 Å². The van der Waals surface area contributed by atoms with E-state index in [2.05, 4.69) is 63.9 Å². The maximum absolute atomic E-state index is 4.85. The molecule has 0 aliphatic rings. The Labute approximate surface area is 204 Å². The second-order valence-electron chi connectivity index (χ2n) is 9.30. The summed E-state index contributed by atoms with van der Waals surface area (Å²) < 4.78 is 3.80. The standard InChI is InChI=1S/C25H28N6.Pt/c1-17-26-22(19-12-9-8-10-13-19)28-30(17)25(6,7)31-18(2)27-23(29-31)20-14-11-15-21(16-20)24(3,4)5;/h8-12,15-16H,1-7H3;/q-2;+2. The molecule has 4 aromatic rings. The summed E-state index contributed by atoms with van der Waals surface area (Å²) >= 11 is 0. The molecule has 2 heterocycles. The molecule has 0 aliphatic heterocycles. The predicted molar refractivity (Wildman–Crippen MR) is 121 cm³/mol. The maximum atomic E-state index is 4.85. The molecule has 0 saturated heterocycles. The average molecular weight is 608 g/mol. The van der Waals surface area contributed by atoms with Crippen molar-refractivity contribution in [2.75, 3.05) is 0 Å². The van der Waals surface area contributed by atoms with Gasteiger partial charge in [-0.15, -0.1) is 71.3 Å². The maximum Gasteiger partial charge on any atom is 2.00 e. The van der Waals surface area contributed by atoms with E-state index >= 15 is 0 Å². The molecule has 2 aromatic carbocycles. The summed E-state index contributed by atoms with van der Waals surface area (Å²) in [7, 11) is 0. The molecule has 0 bridgehead atoms. The van der Waals surface area contributed by atoms with Gasteiger partial charge in [-0.25, -0.2) is 9.36 Å². The first-order chi connectivity index (χ1) is 14.6. The minimum absolute atomic E-state index is 0. The fraction of sp³-hybridized carbons (Fsp3) is 0.360. The van der Waals surface area contributed by atoms with Gasteiger partial charge < -0.3 is 0 Å². The zero-order valence-electron chi connectivity index (χ0n) is 19.5. The van der Waals surface area contributed by atoms with Gasteiger partial charge in [0.25, 0.3) is 0 Å². The summed E-state index contributed by atoms with van der Waals surface area (Å²) in [5.74, 6) is 2.91. The molecule has 0 amide bonds. The monoisotopic (exact) mass is 607 g/mol. The van der Waals surface area contributed by atoms with E-state index in [1.54, 1.807) is 0 Å². The van der Waals surface area contributed by atoms with Crippen LogP contribution in [0.25, 0.3) is 22.8 Å². The Morgan fingerprint density at radius 2 is 1.31 bits per heavy atom. The third kappa shape index (κ3) is 4.47. The van der Waals surface area contributed by atoms with Gasteiger partial charge in [0.15, 0.2) is 5.66 Å². The van der Waals surface area contributed by atoms with Gasteiger partial charge in [0, 0.05) is 0 Å². The fourth-order valence-electron chi connectivity index (χ4n) is 3.73. The summed E-state index contributed by atoms with van der Waals surface area (Å²) in [4.78, 5) is 9.40. The number of rotatable bonds is 4. The van der Waals surface area contributed by atoms with E-state index in [1.165, 1.54) is 5.56 Å². The molecule has 0 atom stereocenters. The average Bonchev–Trinajstić information content (AvgIpc) is 3.32. The first-order valence-corrected chi connectivity index (χ1v) is 10.5. The second-order valence-corrected chi connectivity index (χ2v) is 9.30. The summed E-state index contributed by atoms with van der Waals surface area (Å²) in [5.41, 5.74) is 2.43. The van der Waals surface area contributed by atoms with Crippen LogP contribution in [0.4, 0.5) is 0 Å². The molecular weight excluding hydrogens is 579 g/mol. The Morgan fingerprint density at radius 3 is 1.84 bits per heavy atom. The molecule has 2 aromatic heterocycles. The smallest absolute Gasteiger partial charge is 0.262 e. The SMILES string of the molecule is Cc1nc(-c2[c-]cccc2)nn1C(C)(C)n1nc(-c2[c-]ccc(C(C)(C)C)c2)nc1C.[Pt+2]. The third-order valence-electron chi connectivity index (χ3n) is 5.43. The minimum Gasteiger partial charge on any atom is -0.262 e. The van der Waals surface area contributed by atoms with E-state index in [1.807, 2.05) is 53.5 Å². The van der Waals surface area contributed by atoms with Gasteiger partial charge in [-0.3, -0.25) is 9.97 Å². The van der Waals surface area contributed by atoms with E-state index < -0.39 is 5.66 Å². The largest absolute Gasteiger partial charge is 2.00 e. The van der Waals surface area contributed by atoms with Crippen molar-refractivity contribution in [3.8, 4) is 22.8 Å². The molecule has 0 unspecified atom stereocenters. The molecule has 0 saturated carbocycles. The molecule has 0 radical (unpaired) electrons. The molecule has 4 rings (SSSR count). The van der Waals surface area contributed by atoms with Crippen LogP contribution in [0.2, 0.25) is 0 Å². The van der Waals surface area contributed by atoms with Crippen molar-refractivity contribution in [2.24, 2.45) is 0 Å². The summed E-state index contributed by atoms with van der Waals surface area (Å²) in [5, 5.41) is 9.63. The summed E-state index contributed by atoms with van der Waals surface area (Å²) in [6, 6.07) is 20.4. The Morgan fingerprint density at radius 1 is 0.750 bits per heavy atom. The number of benzene rings is 2. The third-order valence-corrected chi connectivity index (χ3v) is 5.43. The normalized spacial score (nSPS) is 12.0. The Balaban J connectivity index is 0.00000289. The van der Waals surface area contributed by atoms with Gasteiger partial charge in [-0.1, -0.05) is 20.8 Å². The van der Waals surface area contributed by atoms with Crippen molar-refractivity contribution in [2.45, 2.75) is 59.5 Å². The fourth-order valence-corrected chi connectivity index (χ4v) is 3.73. The van der Waals surface area contributed by atoms with Crippen molar-refractivity contribution < 1.29 is 21.1 Å². The van der Waals surface area contributed by atoms with Crippen LogP contribution in [0.5, 0.6) is 0 Å². The van der Waals surface area contributed by atoms with E-state index in [-0.39, 0.29) is 26.5 Å². The zero-order valence-corrected chi connectivity index (χ0v) is 21.8. The quantitative estimate of drug-likeness (QED) is 0.308. The van der Waals surface area contributed by atoms with Gasteiger partial charge in [-0.05, 0) is 33.1 Å². The van der Waals surface area contributed by atoms with Crippen molar-refractivity contribution in [1.29, 1.82) is 0 Å². The van der Waals surface area contributed by atoms with Gasteiger partial charge in [-0.2, -0.15) is 10.2 Å². The van der Waals surface area contributed by atoms with Gasteiger partial charge in [0.2, 0.25) is 0 Å². The number of aromatic nitrogens is 6. The van der Waals surface area contributed by atoms with Gasteiger partial charge in [0.1, 0.15) is 11.6 Å². The van der Waals surface area contributed by atoms with Crippen LogP contribution in [0.3, 0.4) is 0 Å². The molecule has 0 spiro atoms. The minimum atomic E-state index is -0.596. The molecule has 6 nitrogen and oxygen atoms in total. The summed E-state index contributed by atoms with van der Waals surface area (Å²) in [6.07, 6.45) is 0. The zero-order chi connectivity index (χ0) is 22.4. The predicted octanol–water partition coefficient (Wildman–Crippen LogP) is 4.96. The van der Waals surface area contributed by atoms with Gasteiger partial charge >= 0.3 is 21.1 Å². The molecule has 32 heavy (non-hydrogen) atoms. The molecule has 0 N–H and O–H groups in total. The van der Waals surface area contributed by atoms with E-state index in [4.69, 9.17) is 15.2 Å². The van der Waals surface area contributed by atoms with E-state index in [0.29, 0.717) is 11.6 Å². The molecular formula is C25H28N6Pt. The van der Waals surface area contributed by atoms with Crippen LogP contribution in [0.1, 0.15) is 51.8 Å². The number of hydrogen-bond acceptors (Lipinski definition) is 4. The number of hydrogen-bond donors (Lipinski definition) is 0. The molecule has 0 fully saturated rings. The molecule has 0 aliphatic carbocycles. The molecule has 7 heteroatoms. The van der Waals surface area contributed by atoms with Crippen LogP contribution >= 0.6 is 0 Å². The van der Waals surface area contributed by atoms with Crippen LogP contribution in [0.15, 0.2) is 42.5 Å². The molecule has 168 valence electrons. The topological polar surface area (TPSA) is 61.4 Å². The summed E-state index contributed by atoms with van der Waals surface area (Å²) in [6.45, 7) is 14.6. The van der Waals surface area contributed by atoms with Crippen LogP contribution in [-0.2, 0) is 32.1 Å². The van der Waals surface area contributed by atoms with Gasteiger partial charge in [0.05, 0.1) is 11.6 Å². The Bertz CT molecular complexity index is 1210. The Kier molecular flexibility index (Phi) is 6.57. The van der Waals surface area contributed by atoms with E-state index in [9.17, 15) is 0 Å². The number of nitrogens with zero attached hydrogens (tertiary/aromatic N) is 6. The van der Waals surface area contributed by atoms with Crippen molar-refractivity contribution in [3.05, 3.63) is 71.8 Å². The first-order valence-electron chi connectivity index (χ1n) is 10.5. The second kappa shape index (κ2) is 8.74.